The van der Waals surface area contributed by atoms with Crippen LogP contribution in [0.2, 0.25) is 0 Å². The number of rotatable bonds is 0. The Morgan fingerprint density at radius 2 is 1.82 bits per heavy atom. The molecule has 64 valence electrons. The van der Waals surface area contributed by atoms with Gasteiger partial charge in [-0.1, -0.05) is 33.8 Å². The van der Waals surface area contributed by atoms with E-state index in [1.54, 1.807) is 6.08 Å². The number of halogens is 1. The third-order valence-electron chi connectivity index (χ3n) is 0.603. The van der Waals surface area contributed by atoms with Crippen LogP contribution in [0.1, 0.15) is 27.7 Å². The van der Waals surface area contributed by atoms with E-state index in [2.05, 4.69) is 32.7 Å². The van der Waals surface area contributed by atoms with E-state index in [9.17, 15) is 4.39 Å². The molecule has 0 fully saturated rings. The van der Waals surface area contributed by atoms with Gasteiger partial charge in [-0.15, -0.1) is 0 Å². The van der Waals surface area contributed by atoms with Gasteiger partial charge in [-0.25, -0.2) is 0 Å². The summed E-state index contributed by atoms with van der Waals surface area (Å²) in [7, 11) is 0. The molecule has 0 unspecified atom stereocenters. The highest BCUT2D eigenvalue weighted by Crippen LogP contribution is 2.08. The van der Waals surface area contributed by atoms with Gasteiger partial charge in [0.05, 0.1) is 6.54 Å². The fourth-order valence-corrected chi connectivity index (χ4v) is 0.343. The van der Waals surface area contributed by atoms with Crippen molar-refractivity contribution >= 4 is 5.97 Å². The van der Waals surface area contributed by atoms with Crippen LogP contribution in [0.25, 0.3) is 0 Å². The van der Waals surface area contributed by atoms with Crippen molar-refractivity contribution in [2.24, 2.45) is 10.4 Å². The minimum Gasteiger partial charge on any atom is -0.254 e. The fourth-order valence-electron chi connectivity index (χ4n) is 0.343. The van der Waals surface area contributed by atoms with E-state index in [0.29, 0.717) is 12.0 Å². The molecule has 0 aromatic heterocycles. The van der Waals surface area contributed by atoms with Gasteiger partial charge in [-0.3, -0.25) is 4.99 Å². The van der Waals surface area contributed by atoms with Crippen molar-refractivity contribution in [1.82, 2.24) is 0 Å². The summed E-state index contributed by atoms with van der Waals surface area (Å²) in [6.07, 6.45) is 3.04. The van der Waals surface area contributed by atoms with Crippen LogP contribution in [0, 0.1) is 5.41 Å². The van der Waals surface area contributed by atoms with Crippen LogP contribution < -0.4 is 0 Å². The molecular weight excluding hydrogens is 141 g/mol. The number of aliphatic imine (C=N–C) groups is 1. The minimum atomic E-state index is -0.352. The molecule has 11 heavy (non-hydrogen) atoms. The van der Waals surface area contributed by atoms with E-state index < -0.39 is 0 Å². The van der Waals surface area contributed by atoms with E-state index >= 15 is 0 Å². The van der Waals surface area contributed by atoms with Crippen LogP contribution in [-0.4, -0.2) is 12.5 Å². The molecule has 0 spiro atoms. The molecule has 0 saturated heterocycles. The van der Waals surface area contributed by atoms with Gasteiger partial charge >= 0.3 is 0 Å². The quantitative estimate of drug-likeness (QED) is 0.512. The van der Waals surface area contributed by atoms with Gasteiger partial charge in [0.15, 0.2) is 0 Å². The molecule has 0 aromatic carbocycles. The Hall–Kier alpha value is -0.660. The second kappa shape index (κ2) is 4.27. The Morgan fingerprint density at radius 1 is 1.36 bits per heavy atom. The first-order valence-corrected chi connectivity index (χ1v) is 3.76. The molecule has 1 nitrogen and oxygen atoms in total. The summed E-state index contributed by atoms with van der Waals surface area (Å²) in [4.78, 5) is 3.38. The van der Waals surface area contributed by atoms with Crippen LogP contribution in [-0.2, 0) is 0 Å². The first-order chi connectivity index (χ1) is 4.89. The Balaban J connectivity index is 0.000000187. The Labute approximate surface area is 68.0 Å². The van der Waals surface area contributed by atoms with Gasteiger partial charge < -0.3 is 0 Å². The zero-order valence-electron chi connectivity index (χ0n) is 7.69. The SMILES string of the molecule is CC(C)(C)C.FC1=NCC=C1. The van der Waals surface area contributed by atoms with Crippen LogP contribution in [0.5, 0.6) is 0 Å². The van der Waals surface area contributed by atoms with Crippen LogP contribution >= 0.6 is 0 Å². The molecule has 0 amide bonds. The summed E-state index contributed by atoms with van der Waals surface area (Å²) in [6.45, 7) is 9.27. The summed E-state index contributed by atoms with van der Waals surface area (Å²) in [5, 5.41) is 0. The molecule has 0 bridgehead atoms. The molecule has 1 aliphatic heterocycles. The number of hydrogen-bond acceptors (Lipinski definition) is 1. The summed E-state index contributed by atoms with van der Waals surface area (Å²) >= 11 is 0. The lowest BCUT2D eigenvalue weighted by molar-refractivity contribution is 0.469. The normalized spacial score (nSPS) is 15.5. The topological polar surface area (TPSA) is 12.4 Å². The number of allylic oxidation sites excluding steroid dienone is 1. The van der Waals surface area contributed by atoms with E-state index in [1.165, 1.54) is 6.08 Å². The average Bonchev–Trinajstić information content (AvgIpc) is 2.12. The number of nitrogens with zero attached hydrogens (tertiary/aromatic N) is 1. The minimum absolute atomic E-state index is 0.352. The third-order valence-corrected chi connectivity index (χ3v) is 0.603. The van der Waals surface area contributed by atoms with Gasteiger partial charge in [-0.2, -0.15) is 4.39 Å². The molecule has 0 radical (unpaired) electrons. The Kier molecular flexibility index (Phi) is 4.01. The van der Waals surface area contributed by atoms with E-state index in [-0.39, 0.29) is 5.97 Å². The average molecular weight is 157 g/mol. The molecule has 0 N–H and O–H groups in total. The second-order valence-electron chi connectivity index (χ2n) is 4.07. The molecule has 0 aromatic rings. The predicted molar refractivity (Wildman–Crippen MR) is 47.7 cm³/mol. The van der Waals surface area contributed by atoms with E-state index in [1.807, 2.05) is 0 Å². The third kappa shape index (κ3) is 12.5. The fraction of sp³-hybridized carbons (Fsp3) is 0.667. The maximum atomic E-state index is 11.6. The smallest absolute Gasteiger partial charge is 0.208 e. The van der Waals surface area contributed by atoms with Crippen molar-refractivity contribution in [2.75, 3.05) is 6.54 Å². The maximum Gasteiger partial charge on any atom is 0.208 e. The zero-order valence-corrected chi connectivity index (χ0v) is 7.69. The summed E-state index contributed by atoms with van der Waals surface area (Å²) < 4.78 is 11.6. The highest BCUT2D eigenvalue weighted by Gasteiger charge is 1.95. The second-order valence-corrected chi connectivity index (χ2v) is 4.07. The van der Waals surface area contributed by atoms with Gasteiger partial charge in [0, 0.05) is 0 Å². The monoisotopic (exact) mass is 157 g/mol. The molecule has 0 saturated carbocycles. The lowest BCUT2D eigenvalue weighted by Crippen LogP contribution is -1.93. The number of hydrogen-bond donors (Lipinski definition) is 0. The first-order valence-electron chi connectivity index (χ1n) is 3.76. The van der Waals surface area contributed by atoms with Crippen molar-refractivity contribution < 1.29 is 4.39 Å². The lowest BCUT2D eigenvalue weighted by Gasteiger charge is -2.05. The van der Waals surface area contributed by atoms with Gasteiger partial charge in [0.1, 0.15) is 0 Å². The van der Waals surface area contributed by atoms with Crippen molar-refractivity contribution in [3.8, 4) is 0 Å². The molecule has 1 heterocycles. The molecular formula is C9H16FN. The molecule has 1 rings (SSSR count). The largest absolute Gasteiger partial charge is 0.254 e. The van der Waals surface area contributed by atoms with Gasteiger partial charge in [0.2, 0.25) is 5.97 Å². The lowest BCUT2D eigenvalue weighted by atomic mass is 10.0. The predicted octanol–water partition coefficient (Wildman–Crippen LogP) is 2.98. The maximum absolute atomic E-state index is 11.6. The van der Waals surface area contributed by atoms with Crippen molar-refractivity contribution in [3.63, 3.8) is 0 Å². The molecule has 0 aliphatic carbocycles. The van der Waals surface area contributed by atoms with Crippen LogP contribution in [0.15, 0.2) is 17.1 Å². The van der Waals surface area contributed by atoms with Gasteiger partial charge in [-0.05, 0) is 11.5 Å². The van der Waals surface area contributed by atoms with Gasteiger partial charge in [0.25, 0.3) is 0 Å². The van der Waals surface area contributed by atoms with Crippen LogP contribution in [0.4, 0.5) is 4.39 Å². The highest BCUT2D eigenvalue weighted by atomic mass is 19.1. The molecule has 2 heteroatoms. The van der Waals surface area contributed by atoms with E-state index in [0.717, 1.165) is 0 Å². The van der Waals surface area contributed by atoms with Crippen molar-refractivity contribution in [2.45, 2.75) is 27.7 Å². The summed E-state index contributed by atoms with van der Waals surface area (Å²) in [5.41, 5.74) is 0.500. The standard InChI is InChI=1S/C5H12.C4H4FN/c1-5(2,3)4;5-4-2-1-3-6-4/h1-4H3;1-2H,3H2. The van der Waals surface area contributed by atoms with Crippen molar-refractivity contribution in [3.05, 3.63) is 12.2 Å². The summed E-state index contributed by atoms with van der Waals surface area (Å²) in [6, 6.07) is 0. The molecule has 0 atom stereocenters. The first kappa shape index (κ1) is 10.3. The molecule has 1 aliphatic rings. The van der Waals surface area contributed by atoms with E-state index in [4.69, 9.17) is 0 Å². The highest BCUT2D eigenvalue weighted by molar-refractivity contribution is 5.88. The Bertz CT molecular complexity index is 154. The Morgan fingerprint density at radius 3 is 1.91 bits per heavy atom. The summed E-state index contributed by atoms with van der Waals surface area (Å²) in [5.74, 6) is -0.352. The van der Waals surface area contributed by atoms with Crippen molar-refractivity contribution in [1.29, 1.82) is 0 Å². The van der Waals surface area contributed by atoms with Crippen LogP contribution in [0.3, 0.4) is 0 Å². The zero-order chi connectivity index (χ0) is 8.91.